The van der Waals surface area contributed by atoms with Crippen LogP contribution in [0.15, 0.2) is 53.0 Å². The number of likely N-dealkylation sites (N-methyl/N-ethyl adjacent to an activating group) is 1. The first-order valence-electron chi connectivity index (χ1n) is 6.83. The summed E-state index contributed by atoms with van der Waals surface area (Å²) in [4.78, 5) is 14.0. The molecule has 0 bridgehead atoms. The predicted octanol–water partition coefficient (Wildman–Crippen LogP) is 3.83. The van der Waals surface area contributed by atoms with Crippen molar-refractivity contribution < 1.29 is 4.79 Å². The number of rotatable bonds is 5. The van der Waals surface area contributed by atoms with Crippen LogP contribution in [0, 0.1) is 6.92 Å². The summed E-state index contributed by atoms with van der Waals surface area (Å²) in [6, 6.07) is 15.9. The van der Waals surface area contributed by atoms with Gasteiger partial charge in [0.15, 0.2) is 0 Å². The lowest BCUT2D eigenvalue weighted by atomic mass is 10.2. The SMILES string of the molecule is Cc1ccc(NC(=O)CN(C)Cc2ccccc2)cc1Br. The highest BCUT2D eigenvalue weighted by Gasteiger charge is 2.08. The van der Waals surface area contributed by atoms with Crippen molar-refractivity contribution in [3.8, 4) is 0 Å². The number of amides is 1. The largest absolute Gasteiger partial charge is 0.325 e. The van der Waals surface area contributed by atoms with E-state index in [9.17, 15) is 4.79 Å². The van der Waals surface area contributed by atoms with Gasteiger partial charge in [0, 0.05) is 16.7 Å². The molecule has 2 rings (SSSR count). The minimum Gasteiger partial charge on any atom is -0.325 e. The third kappa shape index (κ3) is 4.99. The zero-order chi connectivity index (χ0) is 15.2. The highest BCUT2D eigenvalue weighted by atomic mass is 79.9. The average Bonchev–Trinajstić information content (AvgIpc) is 2.43. The van der Waals surface area contributed by atoms with Gasteiger partial charge in [-0.05, 0) is 37.2 Å². The first kappa shape index (κ1) is 15.7. The topological polar surface area (TPSA) is 32.3 Å². The Bertz CT molecular complexity index is 613. The van der Waals surface area contributed by atoms with Crippen molar-refractivity contribution in [2.45, 2.75) is 13.5 Å². The smallest absolute Gasteiger partial charge is 0.238 e. The summed E-state index contributed by atoms with van der Waals surface area (Å²) in [5, 5.41) is 2.92. The van der Waals surface area contributed by atoms with Crippen molar-refractivity contribution >= 4 is 27.5 Å². The van der Waals surface area contributed by atoms with Gasteiger partial charge in [0.1, 0.15) is 0 Å². The number of carbonyl (C=O) groups excluding carboxylic acids is 1. The second-order valence-corrected chi connectivity index (χ2v) is 6.02. The molecule has 0 saturated carbocycles. The highest BCUT2D eigenvalue weighted by Crippen LogP contribution is 2.20. The van der Waals surface area contributed by atoms with Crippen molar-refractivity contribution in [3.63, 3.8) is 0 Å². The molecule has 1 N–H and O–H groups in total. The number of carbonyl (C=O) groups is 1. The second kappa shape index (κ2) is 7.38. The standard InChI is InChI=1S/C17H19BrN2O/c1-13-8-9-15(10-16(13)18)19-17(21)12-20(2)11-14-6-4-3-5-7-14/h3-10H,11-12H2,1-2H3,(H,19,21). The Hall–Kier alpha value is -1.65. The first-order valence-corrected chi connectivity index (χ1v) is 7.62. The van der Waals surface area contributed by atoms with Crippen LogP contribution < -0.4 is 5.32 Å². The van der Waals surface area contributed by atoms with Crippen molar-refractivity contribution in [1.82, 2.24) is 4.90 Å². The van der Waals surface area contributed by atoms with Gasteiger partial charge in [-0.25, -0.2) is 0 Å². The number of benzene rings is 2. The number of hydrogen-bond donors (Lipinski definition) is 1. The molecule has 0 atom stereocenters. The van der Waals surface area contributed by atoms with Gasteiger partial charge in [-0.15, -0.1) is 0 Å². The molecule has 0 spiro atoms. The molecule has 0 saturated heterocycles. The molecule has 0 aliphatic carbocycles. The zero-order valence-electron chi connectivity index (χ0n) is 12.3. The number of hydrogen-bond acceptors (Lipinski definition) is 2. The van der Waals surface area contributed by atoms with E-state index in [4.69, 9.17) is 0 Å². The third-order valence-electron chi connectivity index (χ3n) is 3.16. The highest BCUT2D eigenvalue weighted by molar-refractivity contribution is 9.10. The fraction of sp³-hybridized carbons (Fsp3) is 0.235. The summed E-state index contributed by atoms with van der Waals surface area (Å²) >= 11 is 3.47. The Kier molecular flexibility index (Phi) is 5.53. The monoisotopic (exact) mass is 346 g/mol. The summed E-state index contributed by atoms with van der Waals surface area (Å²) in [6.07, 6.45) is 0. The van der Waals surface area contributed by atoms with Crippen molar-refractivity contribution in [1.29, 1.82) is 0 Å². The predicted molar refractivity (Wildman–Crippen MR) is 90.3 cm³/mol. The third-order valence-corrected chi connectivity index (χ3v) is 4.02. The summed E-state index contributed by atoms with van der Waals surface area (Å²) in [6.45, 7) is 3.13. The number of anilines is 1. The van der Waals surface area contributed by atoms with E-state index in [0.29, 0.717) is 6.54 Å². The Morgan fingerprint density at radius 3 is 2.57 bits per heavy atom. The first-order chi connectivity index (χ1) is 10.0. The lowest BCUT2D eigenvalue weighted by molar-refractivity contribution is -0.117. The lowest BCUT2D eigenvalue weighted by Gasteiger charge is -2.16. The van der Waals surface area contributed by atoms with Crippen LogP contribution >= 0.6 is 15.9 Å². The van der Waals surface area contributed by atoms with Crippen molar-refractivity contribution in [2.24, 2.45) is 0 Å². The minimum atomic E-state index is -0.0100. The summed E-state index contributed by atoms with van der Waals surface area (Å²) in [5.74, 6) is -0.0100. The molecule has 2 aromatic carbocycles. The van der Waals surface area contributed by atoms with E-state index in [1.807, 2.05) is 55.3 Å². The van der Waals surface area contributed by atoms with Crippen LogP contribution in [0.3, 0.4) is 0 Å². The van der Waals surface area contributed by atoms with Gasteiger partial charge >= 0.3 is 0 Å². The van der Waals surface area contributed by atoms with Crippen LogP contribution in [0.2, 0.25) is 0 Å². The molecule has 0 unspecified atom stereocenters. The fourth-order valence-electron chi connectivity index (χ4n) is 2.07. The van der Waals surface area contributed by atoms with Crippen LogP contribution in [-0.2, 0) is 11.3 Å². The number of halogens is 1. The summed E-state index contributed by atoms with van der Waals surface area (Å²) < 4.78 is 0.998. The summed E-state index contributed by atoms with van der Waals surface area (Å²) in [7, 11) is 1.94. The minimum absolute atomic E-state index is 0.0100. The normalized spacial score (nSPS) is 10.7. The molecule has 0 aliphatic heterocycles. The van der Waals surface area contributed by atoms with Crippen LogP contribution in [0.4, 0.5) is 5.69 Å². The molecule has 0 radical (unpaired) electrons. The van der Waals surface area contributed by atoms with Crippen LogP contribution in [0.25, 0.3) is 0 Å². The maximum atomic E-state index is 12.0. The fourth-order valence-corrected chi connectivity index (χ4v) is 2.45. The molecule has 0 heterocycles. The molecular formula is C17H19BrN2O. The molecule has 0 aromatic heterocycles. The van der Waals surface area contributed by atoms with Crippen LogP contribution in [-0.4, -0.2) is 24.4 Å². The quantitative estimate of drug-likeness (QED) is 0.892. The van der Waals surface area contributed by atoms with Gasteiger partial charge in [0.25, 0.3) is 0 Å². The molecule has 0 aliphatic rings. The van der Waals surface area contributed by atoms with Crippen LogP contribution in [0.1, 0.15) is 11.1 Å². The Labute approximate surface area is 134 Å². The molecule has 1 amide bonds. The van der Waals surface area contributed by atoms with Crippen molar-refractivity contribution in [2.75, 3.05) is 18.9 Å². The van der Waals surface area contributed by atoms with E-state index < -0.39 is 0 Å². The second-order valence-electron chi connectivity index (χ2n) is 5.17. The number of nitrogens with one attached hydrogen (secondary N) is 1. The van der Waals surface area contributed by atoms with E-state index in [2.05, 4.69) is 33.4 Å². The summed E-state index contributed by atoms with van der Waals surface area (Å²) in [5.41, 5.74) is 3.16. The average molecular weight is 347 g/mol. The van der Waals surface area contributed by atoms with Crippen LogP contribution in [0.5, 0.6) is 0 Å². The van der Waals surface area contributed by atoms with E-state index in [1.54, 1.807) is 0 Å². The van der Waals surface area contributed by atoms with E-state index in [0.717, 1.165) is 22.3 Å². The molecule has 2 aromatic rings. The Morgan fingerprint density at radius 2 is 1.90 bits per heavy atom. The Balaban J connectivity index is 1.87. The molecule has 21 heavy (non-hydrogen) atoms. The van der Waals surface area contributed by atoms with E-state index >= 15 is 0 Å². The van der Waals surface area contributed by atoms with Gasteiger partial charge < -0.3 is 5.32 Å². The molecular weight excluding hydrogens is 328 g/mol. The van der Waals surface area contributed by atoms with Crippen molar-refractivity contribution in [3.05, 3.63) is 64.1 Å². The maximum absolute atomic E-state index is 12.0. The number of nitrogens with zero attached hydrogens (tertiary/aromatic N) is 1. The molecule has 110 valence electrons. The lowest BCUT2D eigenvalue weighted by Crippen LogP contribution is -2.29. The van der Waals surface area contributed by atoms with Gasteiger partial charge in [-0.2, -0.15) is 0 Å². The molecule has 0 fully saturated rings. The Morgan fingerprint density at radius 1 is 1.19 bits per heavy atom. The van der Waals surface area contributed by atoms with Gasteiger partial charge in [-0.1, -0.05) is 52.3 Å². The van der Waals surface area contributed by atoms with E-state index in [-0.39, 0.29) is 5.91 Å². The van der Waals surface area contributed by atoms with Gasteiger partial charge in [0.05, 0.1) is 6.54 Å². The molecule has 3 nitrogen and oxygen atoms in total. The maximum Gasteiger partial charge on any atom is 0.238 e. The van der Waals surface area contributed by atoms with Gasteiger partial charge in [0.2, 0.25) is 5.91 Å². The molecule has 4 heteroatoms. The number of aryl methyl sites for hydroxylation is 1. The zero-order valence-corrected chi connectivity index (χ0v) is 13.9. The van der Waals surface area contributed by atoms with Gasteiger partial charge in [-0.3, -0.25) is 9.69 Å². The van der Waals surface area contributed by atoms with E-state index in [1.165, 1.54) is 5.56 Å².